The number of benzene rings is 3. The molecule has 0 aromatic heterocycles. The normalized spacial score (nSPS) is 12.7. The lowest BCUT2D eigenvalue weighted by Crippen LogP contribution is -2.30. The summed E-state index contributed by atoms with van der Waals surface area (Å²) < 4.78 is 39.5. The number of hydrogen-bond acceptors (Lipinski definition) is 6. The van der Waals surface area contributed by atoms with E-state index in [-0.39, 0.29) is 10.8 Å². The van der Waals surface area contributed by atoms with E-state index in [0.29, 0.717) is 49.1 Å². The second-order valence-electron chi connectivity index (χ2n) is 8.37. The van der Waals surface area contributed by atoms with Crippen LogP contribution in [0.15, 0.2) is 71.6 Å². The van der Waals surface area contributed by atoms with Gasteiger partial charge in [0.05, 0.1) is 4.90 Å². The molecule has 9 heteroatoms. The molecule has 0 unspecified atom stereocenters. The third kappa shape index (κ3) is 5.68. The molecule has 3 aromatic carbocycles. The van der Waals surface area contributed by atoms with Crippen LogP contribution < -0.4 is 19.1 Å². The van der Waals surface area contributed by atoms with Gasteiger partial charge in [-0.05, 0) is 55.0 Å². The van der Waals surface area contributed by atoms with Crippen LogP contribution in [-0.2, 0) is 16.6 Å². The van der Waals surface area contributed by atoms with Gasteiger partial charge in [-0.3, -0.25) is 9.52 Å². The van der Waals surface area contributed by atoms with Crippen molar-refractivity contribution in [1.29, 1.82) is 0 Å². The summed E-state index contributed by atoms with van der Waals surface area (Å²) in [6.45, 7) is 3.67. The van der Waals surface area contributed by atoms with E-state index in [1.807, 2.05) is 50.2 Å². The predicted octanol–water partition coefficient (Wildman–Crippen LogP) is 3.99. The maximum absolute atomic E-state index is 13.2. The molecule has 35 heavy (non-hydrogen) atoms. The molecule has 8 nitrogen and oxygen atoms in total. The molecule has 1 heterocycles. The Morgan fingerprint density at radius 3 is 2.34 bits per heavy atom. The van der Waals surface area contributed by atoms with Crippen LogP contribution in [0.1, 0.15) is 22.8 Å². The summed E-state index contributed by atoms with van der Waals surface area (Å²) in [5.74, 6) is 0.726. The van der Waals surface area contributed by atoms with E-state index in [4.69, 9.17) is 9.47 Å². The fourth-order valence-electron chi connectivity index (χ4n) is 3.75. The van der Waals surface area contributed by atoms with Gasteiger partial charge < -0.3 is 19.3 Å². The largest absolute Gasteiger partial charge is 0.486 e. The fourth-order valence-corrected chi connectivity index (χ4v) is 4.81. The van der Waals surface area contributed by atoms with Crippen molar-refractivity contribution in [3.05, 3.63) is 77.9 Å². The molecule has 3 aromatic rings. The van der Waals surface area contributed by atoms with Gasteiger partial charge in [0.15, 0.2) is 11.5 Å². The van der Waals surface area contributed by atoms with Gasteiger partial charge in [-0.25, -0.2) is 8.42 Å². The van der Waals surface area contributed by atoms with Crippen molar-refractivity contribution in [1.82, 2.24) is 4.90 Å². The van der Waals surface area contributed by atoms with Crippen molar-refractivity contribution in [3.63, 3.8) is 0 Å². The summed E-state index contributed by atoms with van der Waals surface area (Å²) >= 11 is 0. The highest BCUT2D eigenvalue weighted by molar-refractivity contribution is 7.92. The Hall–Kier alpha value is -3.72. The number of amides is 1. The molecule has 0 fully saturated rings. The number of ether oxygens (including phenoxy) is 2. The first-order valence-electron chi connectivity index (χ1n) is 11.3. The molecule has 1 aliphatic heterocycles. The minimum absolute atomic E-state index is 0.0508. The Morgan fingerprint density at radius 2 is 1.66 bits per heavy atom. The Kier molecular flexibility index (Phi) is 7.16. The molecule has 0 saturated carbocycles. The molecular formula is C26H29N3O5S. The Balaban J connectivity index is 1.49. The van der Waals surface area contributed by atoms with Crippen molar-refractivity contribution in [2.24, 2.45) is 0 Å². The second kappa shape index (κ2) is 10.3. The van der Waals surface area contributed by atoms with Crippen molar-refractivity contribution in [2.45, 2.75) is 18.4 Å². The van der Waals surface area contributed by atoms with Gasteiger partial charge >= 0.3 is 0 Å². The molecule has 0 atom stereocenters. The maximum atomic E-state index is 13.2. The lowest BCUT2D eigenvalue weighted by Gasteiger charge is -2.22. The minimum Gasteiger partial charge on any atom is -0.486 e. The molecule has 184 valence electrons. The van der Waals surface area contributed by atoms with Crippen LogP contribution in [-0.4, -0.2) is 53.1 Å². The first-order chi connectivity index (χ1) is 16.8. The molecule has 4 rings (SSSR count). The van der Waals surface area contributed by atoms with Gasteiger partial charge in [-0.2, -0.15) is 0 Å². The summed E-state index contributed by atoms with van der Waals surface area (Å²) in [7, 11) is 0.0669. The summed E-state index contributed by atoms with van der Waals surface area (Å²) in [5.41, 5.74) is 2.80. The molecular weight excluding hydrogens is 466 g/mol. The fraction of sp³-hybridized carbons (Fsp3) is 0.269. The van der Waals surface area contributed by atoms with E-state index in [9.17, 15) is 13.2 Å². The van der Waals surface area contributed by atoms with Crippen molar-refractivity contribution < 1.29 is 22.7 Å². The zero-order chi connectivity index (χ0) is 25.0. The zero-order valence-corrected chi connectivity index (χ0v) is 20.8. The number of carbonyl (C=O) groups excluding carboxylic acids is 1. The van der Waals surface area contributed by atoms with Crippen LogP contribution in [0, 0.1) is 0 Å². The van der Waals surface area contributed by atoms with Gasteiger partial charge in [0, 0.05) is 50.2 Å². The average molecular weight is 496 g/mol. The monoisotopic (exact) mass is 495 g/mol. The number of nitrogens with one attached hydrogen (secondary N) is 1. The first-order valence-corrected chi connectivity index (χ1v) is 12.8. The lowest BCUT2D eigenvalue weighted by atomic mass is 10.1. The molecule has 1 N–H and O–H groups in total. The highest BCUT2D eigenvalue weighted by atomic mass is 32.2. The van der Waals surface area contributed by atoms with Crippen molar-refractivity contribution in [2.75, 3.05) is 43.5 Å². The third-order valence-corrected chi connectivity index (χ3v) is 7.06. The third-order valence-electron chi connectivity index (χ3n) is 5.68. The van der Waals surface area contributed by atoms with E-state index in [1.165, 1.54) is 12.1 Å². The van der Waals surface area contributed by atoms with Crippen LogP contribution in [0.25, 0.3) is 0 Å². The summed E-state index contributed by atoms with van der Waals surface area (Å²) in [6.07, 6.45) is 0. The quantitative estimate of drug-likeness (QED) is 0.509. The highest BCUT2D eigenvalue weighted by Gasteiger charge is 2.21. The van der Waals surface area contributed by atoms with Crippen LogP contribution in [0.2, 0.25) is 0 Å². The standard InChI is InChI=1S/C26H29N3O5S/c1-4-29(18-19-8-10-22(11-9-19)28(2)3)26(30)20-6-5-7-21(16-20)27-35(31,32)23-12-13-24-25(17-23)34-15-14-33-24/h5-13,16-17,27H,4,14-15,18H2,1-3H3. The minimum atomic E-state index is -3.89. The maximum Gasteiger partial charge on any atom is 0.262 e. The zero-order valence-electron chi connectivity index (χ0n) is 20.0. The molecule has 0 spiro atoms. The summed E-state index contributed by atoms with van der Waals surface area (Å²) in [4.78, 5) is 17.0. The van der Waals surface area contributed by atoms with Crippen molar-refractivity contribution in [3.8, 4) is 11.5 Å². The van der Waals surface area contributed by atoms with Gasteiger partial charge in [-0.1, -0.05) is 18.2 Å². The number of carbonyl (C=O) groups is 1. The smallest absolute Gasteiger partial charge is 0.262 e. The van der Waals surface area contributed by atoms with E-state index in [1.54, 1.807) is 35.2 Å². The molecule has 1 aliphatic rings. The average Bonchev–Trinajstić information content (AvgIpc) is 2.86. The van der Waals surface area contributed by atoms with E-state index < -0.39 is 10.0 Å². The number of fused-ring (bicyclic) bond motifs is 1. The predicted molar refractivity (Wildman–Crippen MR) is 136 cm³/mol. The Labute approximate surface area is 206 Å². The number of anilines is 2. The second-order valence-corrected chi connectivity index (χ2v) is 10.1. The molecule has 0 aliphatic carbocycles. The summed E-state index contributed by atoms with van der Waals surface area (Å²) in [6, 6.07) is 19.0. The number of sulfonamides is 1. The van der Waals surface area contributed by atoms with Crippen LogP contribution in [0.4, 0.5) is 11.4 Å². The van der Waals surface area contributed by atoms with Gasteiger partial charge in [0.25, 0.3) is 15.9 Å². The molecule has 0 bridgehead atoms. The number of rotatable bonds is 8. The molecule has 0 saturated heterocycles. The summed E-state index contributed by atoms with van der Waals surface area (Å²) in [5, 5.41) is 0. The van der Waals surface area contributed by atoms with Crippen molar-refractivity contribution >= 4 is 27.3 Å². The van der Waals surface area contributed by atoms with Crippen LogP contribution in [0.3, 0.4) is 0 Å². The number of hydrogen-bond donors (Lipinski definition) is 1. The van der Waals surface area contributed by atoms with Gasteiger partial charge in [0.1, 0.15) is 13.2 Å². The molecule has 1 amide bonds. The van der Waals surface area contributed by atoms with Crippen LogP contribution >= 0.6 is 0 Å². The van der Waals surface area contributed by atoms with Gasteiger partial charge in [-0.15, -0.1) is 0 Å². The lowest BCUT2D eigenvalue weighted by molar-refractivity contribution is 0.0752. The van der Waals surface area contributed by atoms with Crippen LogP contribution in [0.5, 0.6) is 11.5 Å². The van der Waals surface area contributed by atoms with Gasteiger partial charge in [0.2, 0.25) is 0 Å². The first kappa shape index (κ1) is 24.4. The Bertz CT molecular complexity index is 1310. The van der Waals surface area contributed by atoms with E-state index in [2.05, 4.69) is 4.72 Å². The number of nitrogens with zero attached hydrogens (tertiary/aromatic N) is 2. The van der Waals surface area contributed by atoms with E-state index >= 15 is 0 Å². The molecule has 0 radical (unpaired) electrons. The topological polar surface area (TPSA) is 88.2 Å². The Morgan fingerprint density at radius 1 is 0.943 bits per heavy atom. The highest BCUT2D eigenvalue weighted by Crippen LogP contribution is 2.32. The van der Waals surface area contributed by atoms with E-state index in [0.717, 1.165) is 11.3 Å². The SMILES string of the molecule is CCN(Cc1ccc(N(C)C)cc1)C(=O)c1cccc(NS(=O)(=O)c2ccc3c(c2)OCCO3)c1.